The molecule has 0 aliphatic carbocycles. The highest BCUT2D eigenvalue weighted by atomic mass is 16.6. The van der Waals surface area contributed by atoms with Gasteiger partial charge < -0.3 is 19.9 Å². The average Bonchev–Trinajstić information content (AvgIpc) is 2.74. The predicted octanol–water partition coefficient (Wildman–Crippen LogP) is 5.13. The lowest BCUT2D eigenvalue weighted by Crippen LogP contribution is -2.45. The van der Waals surface area contributed by atoms with E-state index in [1.54, 1.807) is 34.6 Å². The third kappa shape index (κ3) is 8.54. The van der Waals surface area contributed by atoms with E-state index in [0.717, 1.165) is 16.7 Å². The highest BCUT2D eigenvalue weighted by Crippen LogP contribution is 2.31. The van der Waals surface area contributed by atoms with Crippen LogP contribution in [-0.2, 0) is 20.7 Å². The fraction of sp³-hybridized carbons (Fsp3) is 0.481. The van der Waals surface area contributed by atoms with Crippen LogP contribution < -0.4 is 5.32 Å². The molecule has 0 unspecified atom stereocenters. The van der Waals surface area contributed by atoms with Crippen molar-refractivity contribution in [3.05, 3.63) is 60.2 Å². The first-order chi connectivity index (χ1) is 15.6. The first-order valence-corrected chi connectivity index (χ1v) is 11.5. The normalized spacial score (nSPS) is 14.1. The summed E-state index contributed by atoms with van der Waals surface area (Å²) >= 11 is 0. The molecule has 2 aromatic rings. The summed E-state index contributed by atoms with van der Waals surface area (Å²) in [5.41, 5.74) is 1.68. The Morgan fingerprint density at radius 1 is 0.970 bits per heavy atom. The molecule has 0 saturated heterocycles. The molecule has 0 aliphatic rings. The lowest BCUT2D eigenvalue weighted by molar-refractivity contribution is -0.156. The molecule has 33 heavy (non-hydrogen) atoms. The zero-order valence-electron chi connectivity index (χ0n) is 20.4. The third-order valence-electron chi connectivity index (χ3n) is 5.39. The monoisotopic (exact) mass is 455 g/mol. The molecule has 0 bridgehead atoms. The summed E-state index contributed by atoms with van der Waals surface area (Å²) in [5, 5.41) is 12.5. The van der Waals surface area contributed by atoms with Crippen molar-refractivity contribution in [3.8, 4) is 11.1 Å². The van der Waals surface area contributed by atoms with Gasteiger partial charge in [0.25, 0.3) is 0 Å². The minimum atomic E-state index is -0.936. The van der Waals surface area contributed by atoms with E-state index in [4.69, 9.17) is 9.47 Å². The van der Waals surface area contributed by atoms with Crippen LogP contribution in [0.1, 0.15) is 53.0 Å². The van der Waals surface area contributed by atoms with Crippen molar-refractivity contribution in [2.24, 2.45) is 5.41 Å². The fourth-order valence-corrected chi connectivity index (χ4v) is 3.78. The summed E-state index contributed by atoms with van der Waals surface area (Å²) in [7, 11) is 0. The minimum absolute atomic E-state index is 0.153. The van der Waals surface area contributed by atoms with Gasteiger partial charge in [-0.25, -0.2) is 4.79 Å². The zero-order valence-corrected chi connectivity index (χ0v) is 20.4. The van der Waals surface area contributed by atoms with Crippen LogP contribution in [-0.4, -0.2) is 42.0 Å². The van der Waals surface area contributed by atoms with E-state index in [1.165, 1.54) is 0 Å². The van der Waals surface area contributed by atoms with Gasteiger partial charge in [-0.2, -0.15) is 0 Å². The van der Waals surface area contributed by atoms with Gasteiger partial charge in [0.2, 0.25) is 0 Å². The Hall–Kier alpha value is -2.86. The number of rotatable bonds is 10. The Labute approximate surface area is 197 Å². The van der Waals surface area contributed by atoms with E-state index in [0.29, 0.717) is 12.8 Å². The van der Waals surface area contributed by atoms with E-state index in [1.807, 2.05) is 42.5 Å². The van der Waals surface area contributed by atoms with Crippen LogP contribution in [0.4, 0.5) is 4.79 Å². The van der Waals surface area contributed by atoms with E-state index in [-0.39, 0.29) is 31.6 Å². The number of hydrogen-bond acceptors (Lipinski definition) is 5. The second-order valence-electron chi connectivity index (χ2n) is 9.57. The number of aliphatic hydroxyl groups is 1. The Morgan fingerprint density at radius 2 is 1.58 bits per heavy atom. The number of alkyl carbamates (subject to hydrolysis) is 1. The minimum Gasteiger partial charge on any atom is -0.466 e. The molecule has 6 heteroatoms. The summed E-state index contributed by atoms with van der Waals surface area (Å²) in [6, 6.07) is 17.9. The van der Waals surface area contributed by atoms with Crippen molar-refractivity contribution < 1.29 is 24.2 Å². The molecule has 2 N–H and O–H groups in total. The van der Waals surface area contributed by atoms with Crippen molar-refractivity contribution in [3.63, 3.8) is 0 Å². The highest BCUT2D eigenvalue weighted by molar-refractivity contribution is 5.76. The molecule has 2 rings (SSSR count). The first kappa shape index (κ1) is 26.4. The van der Waals surface area contributed by atoms with Gasteiger partial charge in [-0.05, 0) is 70.6 Å². The molecule has 0 spiro atoms. The number of amides is 1. The van der Waals surface area contributed by atoms with Crippen LogP contribution in [0.5, 0.6) is 0 Å². The smallest absolute Gasteiger partial charge is 0.407 e. The number of nitrogens with one attached hydrogen (secondary N) is 1. The highest BCUT2D eigenvalue weighted by Gasteiger charge is 2.37. The number of carbonyl (C=O) groups is 2. The molecule has 2 aromatic carbocycles. The van der Waals surface area contributed by atoms with E-state index in [2.05, 4.69) is 17.4 Å². The van der Waals surface area contributed by atoms with Gasteiger partial charge in [0.05, 0.1) is 12.0 Å². The van der Waals surface area contributed by atoms with Gasteiger partial charge in [-0.1, -0.05) is 54.6 Å². The molecule has 180 valence electrons. The Balaban J connectivity index is 2.24. The van der Waals surface area contributed by atoms with Crippen LogP contribution in [0.15, 0.2) is 54.6 Å². The summed E-state index contributed by atoms with van der Waals surface area (Å²) < 4.78 is 10.7. The van der Waals surface area contributed by atoms with Gasteiger partial charge in [-0.15, -0.1) is 0 Å². The number of carbonyl (C=O) groups excluding carboxylic acids is 2. The maximum Gasteiger partial charge on any atom is 0.407 e. The molecular weight excluding hydrogens is 418 g/mol. The topological polar surface area (TPSA) is 84.9 Å². The number of hydrogen-bond donors (Lipinski definition) is 2. The van der Waals surface area contributed by atoms with Gasteiger partial charge >= 0.3 is 12.1 Å². The molecule has 0 heterocycles. The average molecular weight is 456 g/mol. The van der Waals surface area contributed by atoms with Crippen LogP contribution >= 0.6 is 0 Å². The quantitative estimate of drug-likeness (QED) is 0.485. The fourth-order valence-electron chi connectivity index (χ4n) is 3.78. The molecule has 0 radical (unpaired) electrons. The molecular formula is C27H37NO5. The van der Waals surface area contributed by atoms with Crippen molar-refractivity contribution in [2.45, 2.75) is 65.5 Å². The number of benzene rings is 2. The number of esters is 1. The van der Waals surface area contributed by atoms with E-state index in [9.17, 15) is 14.7 Å². The van der Waals surface area contributed by atoms with Gasteiger partial charge in [0.1, 0.15) is 5.60 Å². The zero-order chi connectivity index (χ0) is 24.5. The maximum atomic E-state index is 12.7. The predicted molar refractivity (Wildman–Crippen MR) is 130 cm³/mol. The SMILES string of the molecule is CCOC(=O)[C@](C)(CCO)C[C@@H](Cc1ccc(-c2ccccc2)cc1)NC(=O)OC(C)(C)C. The van der Waals surface area contributed by atoms with E-state index < -0.39 is 17.1 Å². The van der Waals surface area contributed by atoms with Crippen molar-refractivity contribution in [1.29, 1.82) is 0 Å². The first-order valence-electron chi connectivity index (χ1n) is 11.5. The summed E-state index contributed by atoms with van der Waals surface area (Å²) in [4.78, 5) is 25.2. The van der Waals surface area contributed by atoms with Crippen LogP contribution in [0.2, 0.25) is 0 Å². The summed E-state index contributed by atoms with van der Waals surface area (Å²) in [6.07, 6.45) is 0.523. The Bertz CT molecular complexity index is 889. The molecule has 0 saturated carbocycles. The molecule has 0 aliphatic heterocycles. The second-order valence-corrected chi connectivity index (χ2v) is 9.57. The lowest BCUT2D eigenvalue weighted by atomic mass is 9.79. The van der Waals surface area contributed by atoms with Gasteiger partial charge in [0.15, 0.2) is 0 Å². The van der Waals surface area contributed by atoms with Crippen LogP contribution in [0.25, 0.3) is 11.1 Å². The molecule has 1 amide bonds. The molecule has 0 fully saturated rings. The number of ether oxygens (including phenoxy) is 2. The molecule has 6 nitrogen and oxygen atoms in total. The van der Waals surface area contributed by atoms with E-state index >= 15 is 0 Å². The largest absolute Gasteiger partial charge is 0.466 e. The van der Waals surface area contributed by atoms with Crippen LogP contribution in [0.3, 0.4) is 0 Å². The Kier molecular flexibility index (Phi) is 9.47. The van der Waals surface area contributed by atoms with Crippen molar-refractivity contribution in [1.82, 2.24) is 5.32 Å². The Morgan fingerprint density at radius 3 is 2.12 bits per heavy atom. The lowest BCUT2D eigenvalue weighted by Gasteiger charge is -2.32. The summed E-state index contributed by atoms with van der Waals surface area (Å²) in [6.45, 7) is 9.03. The van der Waals surface area contributed by atoms with Crippen LogP contribution in [0, 0.1) is 5.41 Å². The summed E-state index contributed by atoms with van der Waals surface area (Å²) in [5.74, 6) is -0.380. The van der Waals surface area contributed by atoms with Crippen molar-refractivity contribution in [2.75, 3.05) is 13.2 Å². The van der Waals surface area contributed by atoms with Crippen molar-refractivity contribution >= 4 is 12.1 Å². The molecule has 0 aromatic heterocycles. The molecule has 2 atom stereocenters. The maximum absolute atomic E-state index is 12.7. The van der Waals surface area contributed by atoms with Gasteiger partial charge in [0, 0.05) is 12.6 Å². The van der Waals surface area contributed by atoms with Gasteiger partial charge in [-0.3, -0.25) is 4.79 Å². The standard InChI is InChI=1S/C27H37NO5/c1-6-32-24(30)27(5,16-17-29)19-23(28-25(31)33-26(2,3)4)18-20-12-14-22(15-13-20)21-10-8-7-9-11-21/h7-15,23,29H,6,16-19H2,1-5H3,(H,28,31)/t23-,27-/m1/s1. The third-order valence-corrected chi connectivity index (χ3v) is 5.39. The second kappa shape index (κ2) is 11.8. The number of aliphatic hydroxyl groups excluding tert-OH is 1.